The highest BCUT2D eigenvalue weighted by atomic mass is 19.1. The first-order chi connectivity index (χ1) is 10.7. The van der Waals surface area contributed by atoms with E-state index in [1.165, 1.54) is 12.3 Å². The number of pyridine rings is 1. The maximum Gasteiger partial charge on any atom is 0.253 e. The Hall–Kier alpha value is -2.27. The fourth-order valence-corrected chi connectivity index (χ4v) is 3.45. The Morgan fingerprint density at radius 1 is 1.32 bits per heavy atom. The van der Waals surface area contributed by atoms with Gasteiger partial charge in [-0.3, -0.25) is 15.0 Å². The first kappa shape index (κ1) is 14.7. The van der Waals surface area contributed by atoms with Crippen LogP contribution in [0.15, 0.2) is 48.8 Å². The molecule has 4 nitrogen and oxygen atoms in total. The zero-order chi connectivity index (χ0) is 15.6. The molecule has 1 aromatic carbocycles. The van der Waals surface area contributed by atoms with Crippen molar-refractivity contribution in [2.75, 3.05) is 0 Å². The van der Waals surface area contributed by atoms with Crippen molar-refractivity contribution >= 4 is 5.91 Å². The summed E-state index contributed by atoms with van der Waals surface area (Å²) in [7, 11) is 0. The van der Waals surface area contributed by atoms with Crippen molar-refractivity contribution in [3.05, 3.63) is 65.7 Å². The normalized spacial score (nSPS) is 24.2. The molecule has 1 aromatic heterocycles. The molecule has 1 saturated carbocycles. The number of benzene rings is 1. The Morgan fingerprint density at radius 2 is 2.09 bits per heavy atom. The molecule has 1 aliphatic rings. The molecule has 5 heteroatoms. The largest absolute Gasteiger partial charge is 0.289 e. The van der Waals surface area contributed by atoms with E-state index in [1.54, 1.807) is 11.7 Å². The molecule has 0 radical (unpaired) electrons. The predicted octanol–water partition coefficient (Wildman–Crippen LogP) is 2.93. The highest BCUT2D eigenvalue weighted by Crippen LogP contribution is 2.48. The fourth-order valence-electron chi connectivity index (χ4n) is 3.45. The average molecular weight is 300 g/mol. The lowest BCUT2D eigenvalue weighted by atomic mass is 9.77. The minimum absolute atomic E-state index is 0.0423. The molecule has 2 aromatic rings. The van der Waals surface area contributed by atoms with Gasteiger partial charge in [0.1, 0.15) is 5.82 Å². The lowest BCUT2D eigenvalue weighted by Crippen LogP contribution is -2.41. The quantitative estimate of drug-likeness (QED) is 0.677. The number of rotatable bonds is 3. The smallest absolute Gasteiger partial charge is 0.253 e. The number of halogens is 1. The van der Waals surface area contributed by atoms with Crippen LogP contribution < -0.4 is 5.48 Å². The number of amides is 1. The number of carbonyl (C=O) groups excluding carboxylic acids is 1. The highest BCUT2D eigenvalue weighted by molar-refractivity contribution is 5.87. The molecular formula is C17H17FN2O2. The summed E-state index contributed by atoms with van der Waals surface area (Å²) in [6.45, 7) is 0. The van der Waals surface area contributed by atoms with Crippen LogP contribution in [0.2, 0.25) is 0 Å². The van der Waals surface area contributed by atoms with Crippen LogP contribution in [-0.2, 0) is 10.2 Å². The Labute approximate surface area is 128 Å². The molecule has 0 aliphatic heterocycles. The molecule has 1 fully saturated rings. The van der Waals surface area contributed by atoms with Crippen LogP contribution in [0.25, 0.3) is 0 Å². The average Bonchev–Trinajstić information content (AvgIpc) is 3.01. The number of nitrogens with one attached hydrogen (secondary N) is 1. The van der Waals surface area contributed by atoms with Crippen molar-refractivity contribution in [3.8, 4) is 0 Å². The van der Waals surface area contributed by atoms with Crippen LogP contribution in [0.4, 0.5) is 4.39 Å². The lowest BCUT2D eigenvalue weighted by Gasteiger charge is -2.27. The van der Waals surface area contributed by atoms with Crippen LogP contribution in [0.1, 0.15) is 36.3 Å². The van der Waals surface area contributed by atoms with Gasteiger partial charge in [-0.2, -0.15) is 0 Å². The molecule has 0 bridgehead atoms. The van der Waals surface area contributed by atoms with E-state index in [0.29, 0.717) is 12.8 Å². The molecule has 114 valence electrons. The van der Waals surface area contributed by atoms with Gasteiger partial charge in [0.05, 0.1) is 11.6 Å². The van der Waals surface area contributed by atoms with Crippen molar-refractivity contribution in [2.24, 2.45) is 0 Å². The second kappa shape index (κ2) is 5.85. The van der Waals surface area contributed by atoms with Crippen LogP contribution in [-0.4, -0.2) is 16.1 Å². The van der Waals surface area contributed by atoms with Crippen LogP contribution >= 0.6 is 0 Å². The third-order valence-electron chi connectivity index (χ3n) is 4.57. The van der Waals surface area contributed by atoms with Crippen LogP contribution in [0.3, 0.4) is 0 Å². The van der Waals surface area contributed by atoms with Gasteiger partial charge in [0.15, 0.2) is 0 Å². The van der Waals surface area contributed by atoms with Crippen molar-refractivity contribution < 1.29 is 14.4 Å². The summed E-state index contributed by atoms with van der Waals surface area (Å²) < 4.78 is 13.4. The van der Waals surface area contributed by atoms with E-state index in [2.05, 4.69) is 4.98 Å². The Kier molecular flexibility index (Phi) is 3.90. The van der Waals surface area contributed by atoms with E-state index in [-0.39, 0.29) is 11.7 Å². The molecule has 2 unspecified atom stereocenters. The van der Waals surface area contributed by atoms with Crippen molar-refractivity contribution in [1.29, 1.82) is 0 Å². The number of hydroxylamine groups is 1. The molecule has 1 amide bonds. The second-order valence-electron chi connectivity index (χ2n) is 5.77. The minimum atomic E-state index is -0.785. The maximum atomic E-state index is 13.4. The topological polar surface area (TPSA) is 62.2 Å². The van der Waals surface area contributed by atoms with Gasteiger partial charge in [-0.15, -0.1) is 0 Å². The summed E-state index contributed by atoms with van der Waals surface area (Å²) in [6, 6.07) is 10.9. The second-order valence-corrected chi connectivity index (χ2v) is 5.77. The highest BCUT2D eigenvalue weighted by Gasteiger charge is 2.47. The van der Waals surface area contributed by atoms with Crippen molar-refractivity contribution in [3.63, 3.8) is 0 Å². The van der Waals surface area contributed by atoms with Gasteiger partial charge in [-0.25, -0.2) is 9.87 Å². The SMILES string of the molecule is O=C(NO)C1(c2ccccc2)CCC(c2cncc(F)c2)C1. The number of hydrogen-bond donors (Lipinski definition) is 2. The van der Waals surface area contributed by atoms with Gasteiger partial charge in [0.25, 0.3) is 5.91 Å². The molecule has 22 heavy (non-hydrogen) atoms. The standard InChI is InChI=1S/C17H17FN2O2/c18-15-8-13(10-19-11-15)12-6-7-17(9-12,16(21)20-22)14-4-2-1-3-5-14/h1-5,8,10-12,22H,6-7,9H2,(H,20,21). The maximum absolute atomic E-state index is 13.4. The Morgan fingerprint density at radius 3 is 2.77 bits per heavy atom. The first-order valence-electron chi connectivity index (χ1n) is 7.26. The summed E-state index contributed by atoms with van der Waals surface area (Å²) >= 11 is 0. The van der Waals surface area contributed by atoms with Gasteiger partial charge in [0.2, 0.25) is 0 Å². The third-order valence-corrected chi connectivity index (χ3v) is 4.57. The number of nitrogens with zero attached hydrogens (tertiary/aromatic N) is 1. The van der Waals surface area contributed by atoms with E-state index in [0.717, 1.165) is 17.5 Å². The molecule has 0 spiro atoms. The van der Waals surface area contributed by atoms with Crippen LogP contribution in [0.5, 0.6) is 0 Å². The summed E-state index contributed by atoms with van der Waals surface area (Å²) in [5.41, 5.74) is 2.68. The summed E-state index contributed by atoms with van der Waals surface area (Å²) in [6.07, 6.45) is 4.68. The Balaban J connectivity index is 1.95. The van der Waals surface area contributed by atoms with E-state index < -0.39 is 11.3 Å². The summed E-state index contributed by atoms with van der Waals surface area (Å²) in [5.74, 6) is -0.743. The molecule has 2 atom stereocenters. The Bertz CT molecular complexity index is 677. The zero-order valence-corrected chi connectivity index (χ0v) is 12.0. The molecule has 1 aliphatic carbocycles. The van der Waals surface area contributed by atoms with Crippen molar-refractivity contribution in [2.45, 2.75) is 30.6 Å². The van der Waals surface area contributed by atoms with E-state index in [4.69, 9.17) is 5.21 Å². The van der Waals surface area contributed by atoms with Gasteiger partial charge >= 0.3 is 0 Å². The number of aromatic nitrogens is 1. The molecule has 0 saturated heterocycles. The number of carbonyl (C=O) groups is 1. The first-order valence-corrected chi connectivity index (χ1v) is 7.26. The van der Waals surface area contributed by atoms with E-state index >= 15 is 0 Å². The van der Waals surface area contributed by atoms with Gasteiger partial charge in [0, 0.05) is 6.20 Å². The molecule has 3 rings (SSSR count). The van der Waals surface area contributed by atoms with Gasteiger partial charge in [-0.05, 0) is 42.4 Å². The third kappa shape index (κ3) is 2.48. The molecular weight excluding hydrogens is 283 g/mol. The van der Waals surface area contributed by atoms with Crippen LogP contribution in [0, 0.1) is 5.82 Å². The minimum Gasteiger partial charge on any atom is -0.289 e. The molecule has 2 N–H and O–H groups in total. The predicted molar refractivity (Wildman–Crippen MR) is 78.8 cm³/mol. The monoisotopic (exact) mass is 300 g/mol. The summed E-state index contributed by atoms with van der Waals surface area (Å²) in [5, 5.41) is 9.15. The van der Waals surface area contributed by atoms with Gasteiger partial charge in [-0.1, -0.05) is 30.3 Å². The van der Waals surface area contributed by atoms with E-state index in [1.807, 2.05) is 30.3 Å². The lowest BCUT2D eigenvalue weighted by molar-refractivity contribution is -0.135. The summed E-state index contributed by atoms with van der Waals surface area (Å²) in [4.78, 5) is 16.2. The van der Waals surface area contributed by atoms with Crippen molar-refractivity contribution in [1.82, 2.24) is 10.5 Å². The van der Waals surface area contributed by atoms with E-state index in [9.17, 15) is 9.18 Å². The number of hydrogen-bond acceptors (Lipinski definition) is 3. The van der Waals surface area contributed by atoms with Gasteiger partial charge < -0.3 is 0 Å². The zero-order valence-electron chi connectivity index (χ0n) is 12.0. The fraction of sp³-hybridized carbons (Fsp3) is 0.294. The molecule has 1 heterocycles.